The van der Waals surface area contributed by atoms with Crippen LogP contribution in [-0.4, -0.2) is 0 Å². The molecule has 2 heteroatoms. The fourth-order valence-electron chi connectivity index (χ4n) is 2.08. The number of hydrogen-bond acceptors (Lipinski definition) is 1. The fourth-order valence-corrected chi connectivity index (χ4v) is 2.08. The maximum Gasteiger partial charge on any atom is 0.126 e. The van der Waals surface area contributed by atoms with Crippen molar-refractivity contribution in [2.45, 2.75) is 33.8 Å². The highest BCUT2D eigenvalue weighted by molar-refractivity contribution is 5.34. The van der Waals surface area contributed by atoms with Gasteiger partial charge in [-0.2, -0.15) is 0 Å². The predicted molar refractivity (Wildman–Crippen MR) is 76.0 cm³/mol. The van der Waals surface area contributed by atoms with Gasteiger partial charge in [0.1, 0.15) is 18.2 Å². The van der Waals surface area contributed by atoms with E-state index in [4.69, 9.17) is 4.74 Å². The van der Waals surface area contributed by atoms with E-state index in [1.807, 2.05) is 12.1 Å². The molecule has 0 aliphatic carbocycles. The first kappa shape index (κ1) is 13.6. The topological polar surface area (TPSA) is 9.23 Å². The van der Waals surface area contributed by atoms with Crippen LogP contribution < -0.4 is 4.74 Å². The third-order valence-electron chi connectivity index (χ3n) is 3.15. The summed E-state index contributed by atoms with van der Waals surface area (Å²) >= 11 is 0. The van der Waals surface area contributed by atoms with Crippen LogP contribution in [0, 0.1) is 19.7 Å². The Bertz CT molecular complexity index is 575. The average molecular weight is 258 g/mol. The molecule has 19 heavy (non-hydrogen) atoms. The highest BCUT2D eigenvalue weighted by Crippen LogP contribution is 2.19. The maximum atomic E-state index is 13.2. The molecule has 0 aromatic heterocycles. The molecule has 0 saturated heterocycles. The van der Waals surface area contributed by atoms with Gasteiger partial charge in [-0.15, -0.1) is 0 Å². The number of ether oxygens (including phenoxy) is 1. The van der Waals surface area contributed by atoms with Crippen molar-refractivity contribution in [1.82, 2.24) is 0 Å². The van der Waals surface area contributed by atoms with Crippen molar-refractivity contribution < 1.29 is 9.13 Å². The first-order chi connectivity index (χ1) is 9.08. The number of aryl methyl sites for hydroxylation is 3. The minimum absolute atomic E-state index is 0.174. The van der Waals surface area contributed by atoms with E-state index >= 15 is 0 Å². The van der Waals surface area contributed by atoms with Crippen LogP contribution >= 0.6 is 0 Å². The van der Waals surface area contributed by atoms with E-state index < -0.39 is 0 Å². The van der Waals surface area contributed by atoms with Gasteiger partial charge in [0.2, 0.25) is 0 Å². The second-order valence-electron chi connectivity index (χ2n) is 4.88. The summed E-state index contributed by atoms with van der Waals surface area (Å²) in [7, 11) is 0. The van der Waals surface area contributed by atoms with Crippen LogP contribution in [0.25, 0.3) is 0 Å². The Morgan fingerprint density at radius 1 is 1.00 bits per heavy atom. The van der Waals surface area contributed by atoms with Crippen molar-refractivity contribution in [3.63, 3.8) is 0 Å². The lowest BCUT2D eigenvalue weighted by atomic mass is 10.1. The number of rotatable bonds is 4. The van der Waals surface area contributed by atoms with Crippen molar-refractivity contribution in [2.24, 2.45) is 0 Å². The third-order valence-corrected chi connectivity index (χ3v) is 3.15. The summed E-state index contributed by atoms with van der Waals surface area (Å²) in [6.45, 7) is 6.42. The standard InChI is InChI=1S/C17H19FO/c1-4-14-7-12(2)8-16(10-14)19-11-15-5-6-17(18)13(3)9-15/h5-10H,4,11H2,1-3H3. The van der Waals surface area contributed by atoms with E-state index in [1.54, 1.807) is 13.0 Å². The molecule has 0 unspecified atom stereocenters. The molecule has 0 aliphatic heterocycles. The Balaban J connectivity index is 2.09. The lowest BCUT2D eigenvalue weighted by Gasteiger charge is -2.10. The van der Waals surface area contributed by atoms with Gasteiger partial charge in [0.15, 0.2) is 0 Å². The second kappa shape index (κ2) is 5.87. The van der Waals surface area contributed by atoms with Gasteiger partial charge in [-0.3, -0.25) is 0 Å². The molecule has 0 atom stereocenters. The van der Waals surface area contributed by atoms with E-state index in [0.29, 0.717) is 12.2 Å². The summed E-state index contributed by atoms with van der Waals surface area (Å²) in [6, 6.07) is 11.3. The van der Waals surface area contributed by atoms with Gasteiger partial charge in [-0.1, -0.05) is 19.1 Å². The molecule has 0 saturated carbocycles. The minimum atomic E-state index is -0.174. The SMILES string of the molecule is CCc1cc(C)cc(OCc2ccc(F)c(C)c2)c1. The van der Waals surface area contributed by atoms with Crippen LogP contribution in [0.5, 0.6) is 5.75 Å². The molecule has 0 heterocycles. The smallest absolute Gasteiger partial charge is 0.126 e. The number of hydrogen-bond donors (Lipinski definition) is 0. The van der Waals surface area contributed by atoms with Crippen molar-refractivity contribution in [3.05, 3.63) is 64.5 Å². The molecule has 2 aromatic rings. The normalized spacial score (nSPS) is 10.5. The van der Waals surface area contributed by atoms with Crippen LogP contribution in [0.1, 0.15) is 29.2 Å². The first-order valence-electron chi connectivity index (χ1n) is 6.57. The second-order valence-corrected chi connectivity index (χ2v) is 4.88. The van der Waals surface area contributed by atoms with Crippen LogP contribution in [0.4, 0.5) is 4.39 Å². The third kappa shape index (κ3) is 3.57. The Kier molecular flexibility index (Phi) is 4.20. The van der Waals surface area contributed by atoms with Crippen LogP contribution in [0.3, 0.4) is 0 Å². The Labute approximate surface area is 114 Å². The lowest BCUT2D eigenvalue weighted by molar-refractivity contribution is 0.305. The molecule has 100 valence electrons. The van der Waals surface area contributed by atoms with Crippen molar-refractivity contribution in [3.8, 4) is 5.75 Å². The van der Waals surface area contributed by atoms with E-state index in [1.165, 1.54) is 17.2 Å². The van der Waals surface area contributed by atoms with Crippen molar-refractivity contribution in [2.75, 3.05) is 0 Å². The van der Waals surface area contributed by atoms with Gasteiger partial charge < -0.3 is 4.74 Å². The minimum Gasteiger partial charge on any atom is -0.489 e. The summed E-state index contributed by atoms with van der Waals surface area (Å²) in [6.07, 6.45) is 0.994. The molecule has 0 fully saturated rings. The molecule has 2 aromatic carbocycles. The summed E-state index contributed by atoms with van der Waals surface area (Å²) in [4.78, 5) is 0. The van der Waals surface area contributed by atoms with Crippen LogP contribution in [0.15, 0.2) is 36.4 Å². The van der Waals surface area contributed by atoms with Crippen molar-refractivity contribution >= 4 is 0 Å². The summed E-state index contributed by atoms with van der Waals surface area (Å²) < 4.78 is 19.0. The van der Waals surface area contributed by atoms with Crippen LogP contribution in [-0.2, 0) is 13.0 Å². The van der Waals surface area contributed by atoms with Gasteiger partial charge in [-0.25, -0.2) is 4.39 Å². The zero-order valence-corrected chi connectivity index (χ0v) is 11.7. The fraction of sp³-hybridized carbons (Fsp3) is 0.294. The largest absolute Gasteiger partial charge is 0.489 e. The van der Waals surface area contributed by atoms with E-state index in [0.717, 1.165) is 17.7 Å². The molecule has 2 rings (SSSR count). The Morgan fingerprint density at radius 2 is 1.79 bits per heavy atom. The quantitative estimate of drug-likeness (QED) is 0.779. The van der Waals surface area contributed by atoms with E-state index in [2.05, 4.69) is 26.0 Å². The van der Waals surface area contributed by atoms with Crippen LogP contribution in [0.2, 0.25) is 0 Å². The summed E-state index contributed by atoms with van der Waals surface area (Å²) in [5, 5.41) is 0. The van der Waals surface area contributed by atoms with Crippen molar-refractivity contribution in [1.29, 1.82) is 0 Å². The zero-order chi connectivity index (χ0) is 13.8. The highest BCUT2D eigenvalue weighted by Gasteiger charge is 2.02. The molecule has 0 amide bonds. The van der Waals surface area contributed by atoms with E-state index in [-0.39, 0.29) is 5.82 Å². The first-order valence-corrected chi connectivity index (χ1v) is 6.57. The zero-order valence-electron chi connectivity index (χ0n) is 11.7. The molecule has 0 bridgehead atoms. The molecule has 1 nitrogen and oxygen atoms in total. The Morgan fingerprint density at radius 3 is 2.47 bits per heavy atom. The molecule has 0 spiro atoms. The molecular weight excluding hydrogens is 239 g/mol. The summed E-state index contributed by atoms with van der Waals surface area (Å²) in [5.41, 5.74) is 4.10. The number of benzene rings is 2. The van der Waals surface area contributed by atoms with E-state index in [9.17, 15) is 4.39 Å². The molecule has 0 aliphatic rings. The molecule has 0 N–H and O–H groups in total. The lowest BCUT2D eigenvalue weighted by Crippen LogP contribution is -1.98. The monoisotopic (exact) mass is 258 g/mol. The van der Waals surface area contributed by atoms with Gasteiger partial charge in [-0.05, 0) is 66.8 Å². The van der Waals surface area contributed by atoms with Gasteiger partial charge in [0.25, 0.3) is 0 Å². The van der Waals surface area contributed by atoms with Gasteiger partial charge in [0, 0.05) is 0 Å². The summed E-state index contributed by atoms with van der Waals surface area (Å²) in [5.74, 6) is 0.700. The predicted octanol–water partition coefficient (Wildman–Crippen LogP) is 4.58. The average Bonchev–Trinajstić information content (AvgIpc) is 2.39. The number of halogens is 1. The Hall–Kier alpha value is -1.83. The van der Waals surface area contributed by atoms with Gasteiger partial charge >= 0.3 is 0 Å². The highest BCUT2D eigenvalue weighted by atomic mass is 19.1. The maximum absolute atomic E-state index is 13.2. The molecular formula is C17H19FO. The van der Waals surface area contributed by atoms with Gasteiger partial charge in [0.05, 0.1) is 0 Å². The molecule has 0 radical (unpaired) electrons.